The molecule has 4 nitrogen and oxygen atoms in total. The predicted octanol–water partition coefficient (Wildman–Crippen LogP) is 4.37. The molecule has 0 bridgehead atoms. The van der Waals surface area contributed by atoms with Crippen LogP contribution in [0, 0.1) is 0 Å². The zero-order valence-electron chi connectivity index (χ0n) is 12.0. The van der Waals surface area contributed by atoms with Gasteiger partial charge in [0.1, 0.15) is 11.4 Å². The minimum absolute atomic E-state index is 0.415. The molecule has 0 N–H and O–H groups in total. The number of aromatic nitrogens is 1. The van der Waals surface area contributed by atoms with Gasteiger partial charge >= 0.3 is 6.09 Å². The van der Waals surface area contributed by atoms with Crippen molar-refractivity contribution < 1.29 is 9.53 Å². The van der Waals surface area contributed by atoms with Crippen molar-refractivity contribution >= 4 is 38.6 Å². The number of nitrogens with zero attached hydrogens (tertiary/aromatic N) is 2. The van der Waals surface area contributed by atoms with Crippen molar-refractivity contribution in [3.05, 3.63) is 34.9 Å². The molecule has 0 unspecified atom stereocenters. The Morgan fingerprint density at radius 3 is 2.60 bits per heavy atom. The van der Waals surface area contributed by atoms with Gasteiger partial charge in [-0.25, -0.2) is 9.78 Å². The fraction of sp³-hybridized carbons (Fsp3) is 0.333. The van der Waals surface area contributed by atoms with Gasteiger partial charge in [-0.1, -0.05) is 22.0 Å². The van der Waals surface area contributed by atoms with Gasteiger partial charge in [0.25, 0.3) is 0 Å². The number of carbonyl (C=O) groups is 1. The Labute approximate surface area is 126 Å². The van der Waals surface area contributed by atoms with Crippen LogP contribution in [0.25, 0.3) is 10.8 Å². The zero-order valence-corrected chi connectivity index (χ0v) is 13.6. The monoisotopic (exact) mass is 336 g/mol. The van der Waals surface area contributed by atoms with Gasteiger partial charge in [0.2, 0.25) is 0 Å². The van der Waals surface area contributed by atoms with Crippen LogP contribution < -0.4 is 4.90 Å². The second kappa shape index (κ2) is 5.40. The molecule has 0 saturated carbocycles. The van der Waals surface area contributed by atoms with Crippen LogP contribution in [0.15, 0.2) is 34.9 Å². The number of benzene rings is 1. The molecule has 1 aromatic carbocycles. The molecular formula is C15H17BrN2O2. The van der Waals surface area contributed by atoms with Crippen molar-refractivity contribution in [1.82, 2.24) is 4.98 Å². The lowest BCUT2D eigenvalue weighted by atomic mass is 10.2. The highest BCUT2D eigenvalue weighted by Crippen LogP contribution is 2.23. The Morgan fingerprint density at radius 2 is 1.95 bits per heavy atom. The molecule has 0 radical (unpaired) electrons. The largest absolute Gasteiger partial charge is 0.443 e. The van der Waals surface area contributed by atoms with E-state index in [1.54, 1.807) is 13.2 Å². The topological polar surface area (TPSA) is 42.4 Å². The molecule has 2 rings (SSSR count). The Bertz CT molecular complexity index is 650. The Morgan fingerprint density at radius 1 is 1.25 bits per heavy atom. The molecule has 0 atom stereocenters. The molecule has 5 heteroatoms. The number of fused-ring (bicyclic) bond motifs is 1. The average Bonchev–Trinajstić information content (AvgIpc) is 2.35. The molecule has 0 aliphatic carbocycles. The lowest BCUT2D eigenvalue weighted by molar-refractivity contribution is 0.0588. The number of halogens is 1. The van der Waals surface area contributed by atoms with E-state index in [1.165, 1.54) is 4.90 Å². The molecule has 0 fully saturated rings. The van der Waals surface area contributed by atoms with E-state index in [0.717, 1.165) is 15.2 Å². The fourth-order valence-corrected chi connectivity index (χ4v) is 2.09. The van der Waals surface area contributed by atoms with Crippen molar-refractivity contribution in [1.29, 1.82) is 0 Å². The number of hydrogen-bond acceptors (Lipinski definition) is 3. The van der Waals surface area contributed by atoms with E-state index in [1.807, 2.05) is 45.0 Å². The van der Waals surface area contributed by atoms with Crippen LogP contribution in [-0.4, -0.2) is 23.7 Å². The highest BCUT2D eigenvalue weighted by Gasteiger charge is 2.21. The number of hydrogen-bond donors (Lipinski definition) is 0. The normalized spacial score (nSPS) is 11.4. The summed E-state index contributed by atoms with van der Waals surface area (Å²) in [5.41, 5.74) is -0.521. The molecule has 0 aliphatic heterocycles. The second-order valence-electron chi connectivity index (χ2n) is 5.57. The molecule has 1 amide bonds. The van der Waals surface area contributed by atoms with Crippen LogP contribution in [0.3, 0.4) is 0 Å². The number of anilines is 1. The zero-order chi connectivity index (χ0) is 14.9. The van der Waals surface area contributed by atoms with Crippen LogP contribution >= 0.6 is 15.9 Å². The Hall–Kier alpha value is -1.62. The van der Waals surface area contributed by atoms with Crippen LogP contribution in [0.2, 0.25) is 0 Å². The van der Waals surface area contributed by atoms with Crippen molar-refractivity contribution in [3.63, 3.8) is 0 Å². The van der Waals surface area contributed by atoms with Gasteiger partial charge in [0.15, 0.2) is 0 Å². The van der Waals surface area contributed by atoms with Crippen molar-refractivity contribution in [2.75, 3.05) is 11.9 Å². The summed E-state index contributed by atoms with van der Waals surface area (Å²) < 4.78 is 6.32. The standard InChI is InChI=1S/C15H17BrN2O2/c1-15(2,3)20-14(19)18(4)13-8-10-5-6-12(16)7-11(10)9-17-13/h5-9H,1-4H3. The summed E-state index contributed by atoms with van der Waals surface area (Å²) in [4.78, 5) is 17.7. The van der Waals surface area contributed by atoms with E-state index < -0.39 is 11.7 Å². The smallest absolute Gasteiger partial charge is 0.415 e. The van der Waals surface area contributed by atoms with E-state index in [2.05, 4.69) is 20.9 Å². The molecule has 2 aromatic rings. The van der Waals surface area contributed by atoms with Crippen LogP contribution in [0.5, 0.6) is 0 Å². The van der Waals surface area contributed by atoms with Crippen LogP contribution in [-0.2, 0) is 4.74 Å². The summed E-state index contributed by atoms with van der Waals surface area (Å²) in [6.45, 7) is 5.51. The third-order valence-electron chi connectivity index (χ3n) is 2.68. The third kappa shape index (κ3) is 3.48. The molecule has 1 heterocycles. The SMILES string of the molecule is CN(C(=O)OC(C)(C)C)c1cc2ccc(Br)cc2cn1. The third-order valence-corrected chi connectivity index (χ3v) is 3.17. The van der Waals surface area contributed by atoms with Crippen molar-refractivity contribution in [2.24, 2.45) is 0 Å². The van der Waals surface area contributed by atoms with E-state index in [9.17, 15) is 4.79 Å². The number of carbonyl (C=O) groups excluding carboxylic acids is 1. The molecule has 1 aromatic heterocycles. The van der Waals surface area contributed by atoms with Gasteiger partial charge in [0.05, 0.1) is 0 Å². The van der Waals surface area contributed by atoms with Crippen molar-refractivity contribution in [2.45, 2.75) is 26.4 Å². The molecule has 0 spiro atoms. The summed E-state index contributed by atoms with van der Waals surface area (Å²) in [6.07, 6.45) is 1.33. The Balaban J connectivity index is 2.28. The summed E-state index contributed by atoms with van der Waals surface area (Å²) in [7, 11) is 1.65. The van der Waals surface area contributed by atoms with Gasteiger partial charge in [0, 0.05) is 23.1 Å². The van der Waals surface area contributed by atoms with Gasteiger partial charge < -0.3 is 4.74 Å². The van der Waals surface area contributed by atoms with Crippen LogP contribution in [0.4, 0.5) is 10.6 Å². The predicted molar refractivity (Wildman–Crippen MR) is 84.1 cm³/mol. The molecule has 106 valence electrons. The first-order chi connectivity index (χ1) is 9.26. The first kappa shape index (κ1) is 14.8. The quantitative estimate of drug-likeness (QED) is 0.776. The van der Waals surface area contributed by atoms with E-state index >= 15 is 0 Å². The van der Waals surface area contributed by atoms with E-state index in [-0.39, 0.29) is 0 Å². The maximum Gasteiger partial charge on any atom is 0.415 e. The number of rotatable bonds is 1. The second-order valence-corrected chi connectivity index (χ2v) is 6.49. The average molecular weight is 337 g/mol. The van der Waals surface area contributed by atoms with Gasteiger partial charge in [-0.2, -0.15) is 0 Å². The van der Waals surface area contributed by atoms with Gasteiger partial charge in [-0.15, -0.1) is 0 Å². The fourth-order valence-electron chi connectivity index (χ4n) is 1.71. The minimum Gasteiger partial charge on any atom is -0.443 e. The number of ether oxygens (including phenoxy) is 1. The first-order valence-corrected chi connectivity index (χ1v) is 7.07. The van der Waals surface area contributed by atoms with Gasteiger partial charge in [-0.05, 0) is 44.4 Å². The summed E-state index contributed by atoms with van der Waals surface area (Å²) >= 11 is 3.42. The lowest BCUT2D eigenvalue weighted by Crippen LogP contribution is -2.34. The molecule has 20 heavy (non-hydrogen) atoms. The summed E-state index contributed by atoms with van der Waals surface area (Å²) in [5.74, 6) is 0.564. The molecule has 0 aliphatic rings. The summed E-state index contributed by atoms with van der Waals surface area (Å²) in [6, 6.07) is 7.79. The molecular weight excluding hydrogens is 320 g/mol. The maximum atomic E-state index is 12.0. The van der Waals surface area contributed by atoms with Crippen LogP contribution in [0.1, 0.15) is 20.8 Å². The van der Waals surface area contributed by atoms with E-state index in [4.69, 9.17) is 4.74 Å². The Kier molecular flexibility index (Phi) is 3.99. The number of pyridine rings is 1. The lowest BCUT2D eigenvalue weighted by Gasteiger charge is -2.24. The molecule has 0 saturated heterocycles. The van der Waals surface area contributed by atoms with Gasteiger partial charge in [-0.3, -0.25) is 4.90 Å². The minimum atomic E-state index is -0.521. The highest BCUT2D eigenvalue weighted by molar-refractivity contribution is 9.10. The first-order valence-electron chi connectivity index (χ1n) is 6.28. The highest BCUT2D eigenvalue weighted by atomic mass is 79.9. The van der Waals surface area contributed by atoms with E-state index in [0.29, 0.717) is 5.82 Å². The number of amides is 1. The maximum absolute atomic E-state index is 12.0. The summed E-state index contributed by atoms with van der Waals surface area (Å²) in [5, 5.41) is 2.04. The van der Waals surface area contributed by atoms with Crippen molar-refractivity contribution in [3.8, 4) is 0 Å².